The third kappa shape index (κ3) is 6.94. The van der Waals surface area contributed by atoms with Gasteiger partial charge in [-0.3, -0.25) is 4.99 Å². The zero-order chi connectivity index (χ0) is 7.82. The van der Waals surface area contributed by atoms with Crippen molar-refractivity contribution in [1.29, 1.82) is 0 Å². The first-order valence-corrected chi connectivity index (χ1v) is 3.22. The second kappa shape index (κ2) is 6.07. The highest BCUT2D eigenvalue weighted by Crippen LogP contribution is 1.73. The molecule has 0 fully saturated rings. The van der Waals surface area contributed by atoms with Gasteiger partial charge in [-0.1, -0.05) is 6.92 Å². The molecule has 10 heavy (non-hydrogen) atoms. The Morgan fingerprint density at radius 1 is 1.80 bits per heavy atom. The average molecular weight is 144 g/mol. The molecule has 0 unspecified atom stereocenters. The SMILES string of the molecule is CCCN=CCNC(=O)O. The first-order valence-electron chi connectivity index (χ1n) is 3.22. The molecule has 4 nitrogen and oxygen atoms in total. The van der Waals surface area contributed by atoms with Gasteiger partial charge < -0.3 is 10.4 Å². The van der Waals surface area contributed by atoms with Crippen molar-refractivity contribution >= 4 is 12.3 Å². The van der Waals surface area contributed by atoms with Gasteiger partial charge in [-0.15, -0.1) is 0 Å². The molecule has 0 aliphatic carbocycles. The Morgan fingerprint density at radius 2 is 2.50 bits per heavy atom. The number of aliphatic imine (C=N–C) groups is 1. The summed E-state index contributed by atoms with van der Waals surface area (Å²) in [6.07, 6.45) is 1.55. The van der Waals surface area contributed by atoms with Crippen LogP contribution in [0.2, 0.25) is 0 Å². The van der Waals surface area contributed by atoms with Crippen LogP contribution in [0.5, 0.6) is 0 Å². The van der Waals surface area contributed by atoms with E-state index < -0.39 is 6.09 Å². The standard InChI is InChI=1S/C6H12N2O2/c1-2-3-7-4-5-8-6(9)10/h4,8H,2-3,5H2,1H3,(H,9,10). The summed E-state index contributed by atoms with van der Waals surface area (Å²) in [6.45, 7) is 3.08. The summed E-state index contributed by atoms with van der Waals surface area (Å²) in [5, 5.41) is 10.3. The molecule has 0 aromatic rings. The summed E-state index contributed by atoms with van der Waals surface area (Å²) in [6, 6.07) is 0. The third-order valence-electron chi connectivity index (χ3n) is 0.826. The van der Waals surface area contributed by atoms with Crippen LogP contribution in [0.4, 0.5) is 4.79 Å². The Hall–Kier alpha value is -1.06. The van der Waals surface area contributed by atoms with E-state index in [9.17, 15) is 4.79 Å². The second-order valence-electron chi connectivity index (χ2n) is 1.77. The lowest BCUT2D eigenvalue weighted by Crippen LogP contribution is -2.22. The average Bonchev–Trinajstić information content (AvgIpc) is 1.87. The lowest BCUT2D eigenvalue weighted by molar-refractivity contribution is 0.196. The molecular formula is C6H12N2O2. The predicted octanol–water partition coefficient (Wildman–Crippen LogP) is 0.735. The van der Waals surface area contributed by atoms with Crippen LogP contribution in [0, 0.1) is 0 Å². The van der Waals surface area contributed by atoms with Crippen LogP contribution in [-0.4, -0.2) is 30.5 Å². The number of nitrogens with one attached hydrogen (secondary N) is 1. The van der Waals surface area contributed by atoms with E-state index in [1.54, 1.807) is 6.21 Å². The molecule has 2 N–H and O–H groups in total. The van der Waals surface area contributed by atoms with Crippen LogP contribution in [-0.2, 0) is 0 Å². The number of carboxylic acid groups (broad SMARTS) is 1. The largest absolute Gasteiger partial charge is 0.465 e. The maximum absolute atomic E-state index is 9.86. The van der Waals surface area contributed by atoms with Crippen molar-refractivity contribution in [2.75, 3.05) is 13.1 Å². The molecule has 0 atom stereocenters. The fraction of sp³-hybridized carbons (Fsp3) is 0.667. The minimum Gasteiger partial charge on any atom is -0.465 e. The predicted molar refractivity (Wildman–Crippen MR) is 39.7 cm³/mol. The van der Waals surface area contributed by atoms with Crippen LogP contribution >= 0.6 is 0 Å². The molecule has 0 radical (unpaired) electrons. The zero-order valence-electron chi connectivity index (χ0n) is 6.00. The molecule has 0 aliphatic rings. The van der Waals surface area contributed by atoms with Gasteiger partial charge in [-0.25, -0.2) is 4.79 Å². The fourth-order valence-corrected chi connectivity index (χ4v) is 0.418. The number of carbonyl (C=O) groups is 1. The molecule has 0 heterocycles. The van der Waals surface area contributed by atoms with Crippen molar-refractivity contribution < 1.29 is 9.90 Å². The highest BCUT2D eigenvalue weighted by atomic mass is 16.4. The Kier molecular flexibility index (Phi) is 5.42. The molecule has 0 bridgehead atoms. The Bertz CT molecular complexity index is 123. The normalized spacial score (nSPS) is 10.1. The van der Waals surface area contributed by atoms with Crippen LogP contribution < -0.4 is 5.32 Å². The van der Waals surface area contributed by atoms with Gasteiger partial charge in [0.15, 0.2) is 0 Å². The molecule has 0 aliphatic heterocycles. The molecule has 4 heteroatoms. The Labute approximate surface area is 60.0 Å². The van der Waals surface area contributed by atoms with Gasteiger partial charge in [-0.05, 0) is 6.42 Å². The molecule has 0 spiro atoms. The van der Waals surface area contributed by atoms with Crippen molar-refractivity contribution in [2.45, 2.75) is 13.3 Å². The monoisotopic (exact) mass is 144 g/mol. The number of hydrogen-bond acceptors (Lipinski definition) is 2. The Balaban J connectivity index is 3.10. The summed E-state index contributed by atoms with van der Waals surface area (Å²) in [5.41, 5.74) is 0. The van der Waals surface area contributed by atoms with Crippen LogP contribution in [0.3, 0.4) is 0 Å². The zero-order valence-corrected chi connectivity index (χ0v) is 6.00. The van der Waals surface area contributed by atoms with Gasteiger partial charge in [0.25, 0.3) is 0 Å². The first kappa shape index (κ1) is 8.94. The smallest absolute Gasteiger partial charge is 0.404 e. The molecule has 0 rings (SSSR count). The number of hydrogen-bond donors (Lipinski definition) is 2. The molecule has 0 saturated carbocycles. The van der Waals surface area contributed by atoms with E-state index in [1.165, 1.54) is 0 Å². The van der Waals surface area contributed by atoms with Crippen LogP contribution in [0.1, 0.15) is 13.3 Å². The summed E-state index contributed by atoms with van der Waals surface area (Å²) in [7, 11) is 0. The maximum Gasteiger partial charge on any atom is 0.404 e. The third-order valence-corrected chi connectivity index (χ3v) is 0.826. The van der Waals surface area contributed by atoms with Gasteiger partial charge in [0.1, 0.15) is 0 Å². The first-order chi connectivity index (χ1) is 4.77. The number of rotatable bonds is 4. The van der Waals surface area contributed by atoms with Crippen LogP contribution in [0.15, 0.2) is 4.99 Å². The van der Waals surface area contributed by atoms with E-state index in [4.69, 9.17) is 5.11 Å². The molecule has 0 aromatic carbocycles. The summed E-state index contributed by atoms with van der Waals surface area (Å²) in [4.78, 5) is 13.8. The minimum absolute atomic E-state index is 0.301. The lowest BCUT2D eigenvalue weighted by Gasteiger charge is -1.91. The van der Waals surface area contributed by atoms with Gasteiger partial charge >= 0.3 is 6.09 Å². The van der Waals surface area contributed by atoms with Crippen molar-refractivity contribution in [3.8, 4) is 0 Å². The van der Waals surface area contributed by atoms with Crippen LogP contribution in [0.25, 0.3) is 0 Å². The lowest BCUT2D eigenvalue weighted by atomic mass is 10.5. The van der Waals surface area contributed by atoms with Crippen molar-refractivity contribution in [3.05, 3.63) is 0 Å². The molecule has 1 amide bonds. The summed E-state index contributed by atoms with van der Waals surface area (Å²) in [5.74, 6) is 0. The van der Waals surface area contributed by atoms with E-state index in [1.807, 2.05) is 6.92 Å². The quantitative estimate of drug-likeness (QED) is 0.571. The second-order valence-corrected chi connectivity index (χ2v) is 1.77. The fourth-order valence-electron chi connectivity index (χ4n) is 0.418. The van der Waals surface area contributed by atoms with E-state index in [2.05, 4.69) is 10.3 Å². The summed E-state index contributed by atoms with van der Waals surface area (Å²) >= 11 is 0. The van der Waals surface area contributed by atoms with E-state index >= 15 is 0 Å². The van der Waals surface area contributed by atoms with Gasteiger partial charge in [0, 0.05) is 12.8 Å². The highest BCUT2D eigenvalue weighted by molar-refractivity contribution is 5.70. The summed E-state index contributed by atoms with van der Waals surface area (Å²) < 4.78 is 0. The maximum atomic E-state index is 9.86. The van der Waals surface area contributed by atoms with E-state index in [0.29, 0.717) is 6.54 Å². The van der Waals surface area contributed by atoms with E-state index in [0.717, 1.165) is 13.0 Å². The number of amides is 1. The van der Waals surface area contributed by atoms with E-state index in [-0.39, 0.29) is 0 Å². The number of nitrogens with zero attached hydrogens (tertiary/aromatic N) is 1. The molecule has 0 aromatic heterocycles. The van der Waals surface area contributed by atoms with Gasteiger partial charge in [0.2, 0.25) is 0 Å². The van der Waals surface area contributed by atoms with Gasteiger partial charge in [-0.2, -0.15) is 0 Å². The molecule has 0 saturated heterocycles. The molecule has 58 valence electrons. The van der Waals surface area contributed by atoms with Crippen molar-refractivity contribution in [1.82, 2.24) is 5.32 Å². The van der Waals surface area contributed by atoms with Crippen molar-refractivity contribution in [3.63, 3.8) is 0 Å². The topological polar surface area (TPSA) is 61.7 Å². The Morgan fingerprint density at radius 3 is 3.00 bits per heavy atom. The van der Waals surface area contributed by atoms with Crippen molar-refractivity contribution in [2.24, 2.45) is 4.99 Å². The van der Waals surface area contributed by atoms with Gasteiger partial charge in [0.05, 0.1) is 6.54 Å². The minimum atomic E-state index is -1.01. The molecular weight excluding hydrogens is 132 g/mol. The highest BCUT2D eigenvalue weighted by Gasteiger charge is 1.86.